The number of aliphatic imine (C=N–C) groups is 1. The number of carbonyl (C=O) groups is 1. The van der Waals surface area contributed by atoms with Crippen LogP contribution < -0.4 is 15.4 Å². The number of hydrogen-bond acceptors (Lipinski definition) is 5. The molecule has 1 atom stereocenters. The third-order valence-corrected chi connectivity index (χ3v) is 6.23. The third-order valence-electron chi connectivity index (χ3n) is 4.46. The summed E-state index contributed by atoms with van der Waals surface area (Å²) in [6.07, 6.45) is 0.600. The van der Waals surface area contributed by atoms with Crippen molar-refractivity contribution in [3.8, 4) is 5.75 Å². The van der Waals surface area contributed by atoms with E-state index < -0.39 is 16.4 Å². The van der Waals surface area contributed by atoms with Gasteiger partial charge in [-0.15, -0.1) is 24.0 Å². The monoisotopic (exact) mass is 574 g/mol. The molecule has 2 N–H and O–H groups in total. The van der Waals surface area contributed by atoms with Gasteiger partial charge in [-0.25, -0.2) is 8.42 Å². The minimum Gasteiger partial charge on any atom is -0.435 e. The summed E-state index contributed by atoms with van der Waals surface area (Å²) in [5.41, 5.74) is 0.880. The lowest BCUT2D eigenvalue weighted by Crippen LogP contribution is -2.39. The molecule has 12 heteroatoms. The fourth-order valence-electron chi connectivity index (χ4n) is 3.07. The molecule has 1 fully saturated rings. The second-order valence-electron chi connectivity index (χ2n) is 7.03. The summed E-state index contributed by atoms with van der Waals surface area (Å²) in [5, 5.41) is 5.88. The molecule has 1 aromatic rings. The van der Waals surface area contributed by atoms with Crippen LogP contribution in [0.15, 0.2) is 29.3 Å². The van der Waals surface area contributed by atoms with E-state index in [4.69, 9.17) is 0 Å². The zero-order chi connectivity index (χ0) is 22.1. The molecule has 31 heavy (non-hydrogen) atoms. The summed E-state index contributed by atoms with van der Waals surface area (Å²) in [6.45, 7) is 0.427. The van der Waals surface area contributed by atoms with Crippen LogP contribution in [-0.4, -0.2) is 69.5 Å². The summed E-state index contributed by atoms with van der Waals surface area (Å²) in [4.78, 5) is 18.3. The molecule has 1 unspecified atom stereocenters. The van der Waals surface area contributed by atoms with Crippen molar-refractivity contribution in [1.82, 2.24) is 15.5 Å². The number of amides is 1. The van der Waals surface area contributed by atoms with E-state index in [1.807, 2.05) is 18.9 Å². The number of guanidine groups is 1. The van der Waals surface area contributed by atoms with Crippen LogP contribution in [0.2, 0.25) is 0 Å². The van der Waals surface area contributed by atoms with Crippen LogP contribution >= 0.6 is 24.0 Å². The number of nitrogens with one attached hydrogen (secondary N) is 2. The maximum Gasteiger partial charge on any atom is 0.387 e. The van der Waals surface area contributed by atoms with Crippen molar-refractivity contribution < 1.29 is 26.7 Å². The number of alkyl halides is 2. The lowest BCUT2D eigenvalue weighted by Gasteiger charge is -2.22. The minimum absolute atomic E-state index is 0. The van der Waals surface area contributed by atoms with Crippen molar-refractivity contribution in [2.45, 2.75) is 39.0 Å². The Morgan fingerprint density at radius 3 is 2.55 bits per heavy atom. The van der Waals surface area contributed by atoms with Crippen LogP contribution in [0, 0.1) is 0 Å². The fraction of sp³-hybridized carbons (Fsp3) is 0.579. The van der Waals surface area contributed by atoms with E-state index in [0.29, 0.717) is 25.5 Å². The van der Waals surface area contributed by atoms with Gasteiger partial charge in [0.2, 0.25) is 5.91 Å². The average Bonchev–Trinajstić information content (AvgIpc) is 3.00. The van der Waals surface area contributed by atoms with Crippen LogP contribution in [0.4, 0.5) is 8.78 Å². The molecule has 0 spiro atoms. The predicted molar refractivity (Wildman–Crippen MR) is 126 cm³/mol. The average molecular weight is 574 g/mol. The molecule has 1 aromatic carbocycles. The third kappa shape index (κ3) is 9.97. The van der Waals surface area contributed by atoms with E-state index in [9.17, 15) is 22.0 Å². The summed E-state index contributed by atoms with van der Waals surface area (Å²) >= 11 is 0. The Bertz CT molecular complexity index is 838. The number of carbonyl (C=O) groups excluding carboxylic acids is 1. The Labute approximate surface area is 198 Å². The van der Waals surface area contributed by atoms with Crippen LogP contribution in [-0.2, 0) is 21.2 Å². The number of rotatable bonds is 9. The molecule has 1 saturated heterocycles. The Morgan fingerprint density at radius 1 is 1.32 bits per heavy atom. The number of hydrogen-bond donors (Lipinski definition) is 2. The van der Waals surface area contributed by atoms with Crippen LogP contribution in [0.1, 0.15) is 25.3 Å². The highest BCUT2D eigenvalue weighted by Gasteiger charge is 2.28. The molecular formula is C19H29F2IN4O4S. The van der Waals surface area contributed by atoms with Gasteiger partial charge in [-0.2, -0.15) is 8.78 Å². The molecule has 0 radical (unpaired) electrons. The van der Waals surface area contributed by atoms with Crippen molar-refractivity contribution in [2.24, 2.45) is 4.99 Å². The van der Waals surface area contributed by atoms with Gasteiger partial charge < -0.3 is 20.3 Å². The summed E-state index contributed by atoms with van der Waals surface area (Å²) < 4.78 is 51.7. The zero-order valence-electron chi connectivity index (χ0n) is 17.5. The molecule has 0 aromatic heterocycles. The van der Waals surface area contributed by atoms with E-state index in [1.165, 1.54) is 12.1 Å². The van der Waals surface area contributed by atoms with Crippen LogP contribution in [0.3, 0.4) is 0 Å². The van der Waals surface area contributed by atoms with Gasteiger partial charge in [0, 0.05) is 32.6 Å². The maximum atomic E-state index is 12.2. The molecule has 176 valence electrons. The Morgan fingerprint density at radius 2 is 2.00 bits per heavy atom. The molecule has 2 rings (SSSR count). The standard InChI is InChI=1S/C19H28F2N4O4S.HI/c1-3-22-19(23-10-8-17(26)24-15-9-11-30(27,28)13-15)25(2)12-14-4-6-16(7-5-14)29-18(20)21;/h4-7,15,18H,3,8-13H2,1-2H3,(H,22,23)(H,24,26);1H. The fourth-order valence-corrected chi connectivity index (χ4v) is 4.74. The van der Waals surface area contributed by atoms with E-state index in [2.05, 4.69) is 20.4 Å². The van der Waals surface area contributed by atoms with Crippen molar-refractivity contribution in [3.05, 3.63) is 29.8 Å². The molecule has 1 aliphatic heterocycles. The van der Waals surface area contributed by atoms with Crippen LogP contribution in [0.5, 0.6) is 5.75 Å². The van der Waals surface area contributed by atoms with E-state index in [0.717, 1.165) is 5.56 Å². The highest BCUT2D eigenvalue weighted by molar-refractivity contribution is 14.0. The summed E-state index contributed by atoms with van der Waals surface area (Å²) in [5.74, 6) is 0.573. The van der Waals surface area contributed by atoms with E-state index in [-0.39, 0.29) is 66.1 Å². The molecule has 1 heterocycles. The minimum atomic E-state index is -3.04. The number of nitrogens with zero attached hydrogens (tertiary/aromatic N) is 2. The summed E-state index contributed by atoms with van der Waals surface area (Å²) in [7, 11) is -1.21. The van der Waals surface area contributed by atoms with Gasteiger partial charge in [-0.05, 0) is 31.0 Å². The van der Waals surface area contributed by atoms with Gasteiger partial charge in [0.05, 0.1) is 18.1 Å². The lowest BCUT2D eigenvalue weighted by molar-refractivity contribution is -0.121. The van der Waals surface area contributed by atoms with Gasteiger partial charge in [0.25, 0.3) is 0 Å². The second kappa shape index (κ2) is 13.0. The largest absolute Gasteiger partial charge is 0.435 e. The Balaban J connectivity index is 0.00000480. The van der Waals surface area contributed by atoms with Gasteiger partial charge >= 0.3 is 6.61 Å². The normalized spacial score (nSPS) is 17.7. The lowest BCUT2D eigenvalue weighted by atomic mass is 10.2. The van der Waals surface area contributed by atoms with Gasteiger partial charge in [-0.3, -0.25) is 9.79 Å². The van der Waals surface area contributed by atoms with Crippen molar-refractivity contribution in [2.75, 3.05) is 31.6 Å². The maximum absolute atomic E-state index is 12.2. The molecule has 8 nitrogen and oxygen atoms in total. The molecule has 0 aliphatic carbocycles. The zero-order valence-corrected chi connectivity index (χ0v) is 20.7. The Kier molecular flexibility index (Phi) is 11.5. The first kappa shape index (κ1) is 27.3. The van der Waals surface area contributed by atoms with Gasteiger partial charge in [0.15, 0.2) is 15.8 Å². The van der Waals surface area contributed by atoms with Crippen molar-refractivity contribution in [3.63, 3.8) is 0 Å². The highest BCUT2D eigenvalue weighted by Crippen LogP contribution is 2.16. The number of benzene rings is 1. The first-order valence-corrected chi connectivity index (χ1v) is 11.5. The quantitative estimate of drug-likeness (QED) is 0.266. The smallest absolute Gasteiger partial charge is 0.387 e. The number of ether oxygens (including phenoxy) is 1. The van der Waals surface area contributed by atoms with Gasteiger partial charge in [-0.1, -0.05) is 12.1 Å². The first-order valence-electron chi connectivity index (χ1n) is 9.71. The second-order valence-corrected chi connectivity index (χ2v) is 9.26. The van der Waals surface area contributed by atoms with Crippen LogP contribution in [0.25, 0.3) is 0 Å². The molecular weight excluding hydrogens is 545 g/mol. The SMILES string of the molecule is CCNC(=NCCC(=O)NC1CCS(=O)(=O)C1)N(C)Cc1ccc(OC(F)F)cc1.I. The molecule has 1 aliphatic rings. The number of sulfone groups is 1. The molecule has 0 bridgehead atoms. The van der Waals surface area contributed by atoms with Crippen molar-refractivity contribution >= 4 is 45.7 Å². The highest BCUT2D eigenvalue weighted by atomic mass is 127. The van der Waals surface area contributed by atoms with Gasteiger partial charge in [0.1, 0.15) is 5.75 Å². The molecule has 0 saturated carbocycles. The predicted octanol–water partition coefficient (Wildman–Crippen LogP) is 2.00. The first-order chi connectivity index (χ1) is 14.2. The van der Waals surface area contributed by atoms with Crippen molar-refractivity contribution in [1.29, 1.82) is 0 Å². The Hall–Kier alpha value is -1.70. The topological polar surface area (TPSA) is 100 Å². The number of halogens is 3. The molecule has 1 amide bonds. The van der Waals surface area contributed by atoms with E-state index >= 15 is 0 Å². The summed E-state index contributed by atoms with van der Waals surface area (Å²) in [6, 6.07) is 6.03. The van der Waals surface area contributed by atoms with E-state index in [1.54, 1.807) is 12.1 Å².